The van der Waals surface area contributed by atoms with Crippen LogP contribution in [0.5, 0.6) is 0 Å². The predicted octanol–water partition coefficient (Wildman–Crippen LogP) is 2.82. The molecule has 0 bridgehead atoms. The fourth-order valence-corrected chi connectivity index (χ4v) is 3.92. The first-order chi connectivity index (χ1) is 9.58. The van der Waals surface area contributed by atoms with Gasteiger partial charge >= 0.3 is 5.97 Å². The largest absolute Gasteiger partial charge is 0.481 e. The monoisotopic (exact) mass is 281 g/mol. The molecule has 2 fully saturated rings. The van der Waals surface area contributed by atoms with Gasteiger partial charge in [0.2, 0.25) is 5.91 Å². The van der Waals surface area contributed by atoms with Gasteiger partial charge in [-0.3, -0.25) is 9.59 Å². The molecule has 0 aliphatic heterocycles. The number of carbonyl (C=O) groups is 2. The molecular weight excluding hydrogens is 254 g/mol. The summed E-state index contributed by atoms with van der Waals surface area (Å²) in [7, 11) is 0. The lowest BCUT2D eigenvalue weighted by Crippen LogP contribution is -2.36. The summed E-state index contributed by atoms with van der Waals surface area (Å²) in [6, 6.07) is 0. The molecule has 0 aromatic carbocycles. The summed E-state index contributed by atoms with van der Waals surface area (Å²) in [4.78, 5) is 23.2. The SMILES string of the molecule is CC1CCCC(CCNC(=O)C2CCCC2C(=O)O)C1. The molecule has 2 aliphatic carbocycles. The van der Waals surface area contributed by atoms with Gasteiger partial charge in [0.1, 0.15) is 0 Å². The minimum absolute atomic E-state index is 0.0428. The Balaban J connectivity index is 1.71. The molecule has 4 heteroatoms. The van der Waals surface area contributed by atoms with Gasteiger partial charge in [-0.1, -0.05) is 32.6 Å². The van der Waals surface area contributed by atoms with E-state index in [1.807, 2.05) is 0 Å². The molecule has 2 saturated carbocycles. The quantitative estimate of drug-likeness (QED) is 0.814. The first-order valence-electron chi connectivity index (χ1n) is 8.08. The van der Waals surface area contributed by atoms with Crippen molar-refractivity contribution < 1.29 is 14.7 Å². The zero-order valence-electron chi connectivity index (χ0n) is 12.4. The maximum atomic E-state index is 12.1. The molecule has 4 nitrogen and oxygen atoms in total. The molecule has 20 heavy (non-hydrogen) atoms. The second-order valence-corrected chi connectivity index (χ2v) is 6.70. The van der Waals surface area contributed by atoms with Crippen molar-refractivity contribution in [2.45, 2.75) is 58.3 Å². The molecule has 0 radical (unpaired) electrons. The van der Waals surface area contributed by atoms with Crippen molar-refractivity contribution in [1.82, 2.24) is 5.32 Å². The molecule has 4 unspecified atom stereocenters. The molecule has 4 atom stereocenters. The van der Waals surface area contributed by atoms with Gasteiger partial charge in [0, 0.05) is 6.54 Å². The van der Waals surface area contributed by atoms with Crippen molar-refractivity contribution in [2.24, 2.45) is 23.7 Å². The smallest absolute Gasteiger partial charge is 0.307 e. The van der Waals surface area contributed by atoms with Crippen LogP contribution >= 0.6 is 0 Å². The molecular formula is C16H27NO3. The van der Waals surface area contributed by atoms with Crippen LogP contribution in [0.3, 0.4) is 0 Å². The number of carboxylic acids is 1. The lowest BCUT2D eigenvalue weighted by Gasteiger charge is -2.27. The van der Waals surface area contributed by atoms with Crippen molar-refractivity contribution in [2.75, 3.05) is 6.54 Å². The lowest BCUT2D eigenvalue weighted by molar-refractivity contribution is -0.146. The fourth-order valence-electron chi connectivity index (χ4n) is 3.92. The third-order valence-corrected chi connectivity index (χ3v) is 5.07. The number of nitrogens with one attached hydrogen (secondary N) is 1. The molecule has 0 aromatic rings. The van der Waals surface area contributed by atoms with E-state index >= 15 is 0 Å². The molecule has 0 saturated heterocycles. The Morgan fingerprint density at radius 1 is 1.10 bits per heavy atom. The van der Waals surface area contributed by atoms with Crippen LogP contribution in [0.4, 0.5) is 0 Å². The summed E-state index contributed by atoms with van der Waals surface area (Å²) in [6.07, 6.45) is 8.47. The van der Waals surface area contributed by atoms with E-state index in [9.17, 15) is 9.59 Å². The minimum atomic E-state index is -0.816. The highest BCUT2D eigenvalue weighted by Crippen LogP contribution is 2.32. The molecule has 114 valence electrons. The van der Waals surface area contributed by atoms with Crippen molar-refractivity contribution in [3.8, 4) is 0 Å². The van der Waals surface area contributed by atoms with Crippen molar-refractivity contribution in [1.29, 1.82) is 0 Å². The number of hydrogen-bond acceptors (Lipinski definition) is 2. The van der Waals surface area contributed by atoms with Crippen LogP contribution in [-0.2, 0) is 9.59 Å². The normalized spacial score (nSPS) is 33.9. The number of carbonyl (C=O) groups excluding carboxylic acids is 1. The highest BCUT2D eigenvalue weighted by atomic mass is 16.4. The summed E-state index contributed by atoms with van der Waals surface area (Å²) in [5.74, 6) is -0.0847. The van der Waals surface area contributed by atoms with Crippen LogP contribution in [0.1, 0.15) is 58.3 Å². The number of amides is 1. The van der Waals surface area contributed by atoms with Gasteiger partial charge in [0.05, 0.1) is 11.8 Å². The Morgan fingerprint density at radius 3 is 2.50 bits per heavy atom. The maximum absolute atomic E-state index is 12.1. The number of hydrogen-bond donors (Lipinski definition) is 2. The highest BCUT2D eigenvalue weighted by Gasteiger charge is 2.37. The number of carboxylic acid groups (broad SMARTS) is 1. The Labute approximate surface area is 121 Å². The standard InChI is InChI=1S/C16H27NO3/c1-11-4-2-5-12(10-11)8-9-17-15(18)13-6-3-7-14(13)16(19)20/h11-14H,2-10H2,1H3,(H,17,18)(H,19,20). The molecule has 2 aliphatic rings. The second kappa shape index (κ2) is 7.09. The minimum Gasteiger partial charge on any atom is -0.481 e. The third kappa shape index (κ3) is 3.97. The van der Waals surface area contributed by atoms with Gasteiger partial charge in [0.25, 0.3) is 0 Å². The Morgan fingerprint density at radius 2 is 1.80 bits per heavy atom. The van der Waals surface area contributed by atoms with Gasteiger partial charge in [-0.05, 0) is 37.5 Å². The van der Waals surface area contributed by atoms with Crippen molar-refractivity contribution in [3.63, 3.8) is 0 Å². The van der Waals surface area contributed by atoms with E-state index in [-0.39, 0.29) is 11.8 Å². The fraction of sp³-hybridized carbons (Fsp3) is 0.875. The van der Waals surface area contributed by atoms with Crippen molar-refractivity contribution in [3.05, 3.63) is 0 Å². The molecule has 1 amide bonds. The predicted molar refractivity (Wildman–Crippen MR) is 77.2 cm³/mol. The van der Waals surface area contributed by atoms with Crippen LogP contribution < -0.4 is 5.32 Å². The van der Waals surface area contributed by atoms with Crippen LogP contribution in [0.25, 0.3) is 0 Å². The second-order valence-electron chi connectivity index (χ2n) is 6.70. The van der Waals surface area contributed by atoms with E-state index in [1.54, 1.807) is 0 Å². The molecule has 0 spiro atoms. The van der Waals surface area contributed by atoms with Gasteiger partial charge in [-0.15, -0.1) is 0 Å². The zero-order chi connectivity index (χ0) is 14.5. The summed E-state index contributed by atoms with van der Waals surface area (Å²) < 4.78 is 0. The molecule has 2 N–H and O–H groups in total. The van der Waals surface area contributed by atoms with Crippen LogP contribution in [0.15, 0.2) is 0 Å². The summed E-state index contributed by atoms with van der Waals surface area (Å²) in [5, 5.41) is 12.1. The Kier molecular flexibility index (Phi) is 5.44. The highest BCUT2D eigenvalue weighted by molar-refractivity contribution is 5.85. The van der Waals surface area contributed by atoms with E-state index < -0.39 is 11.9 Å². The summed E-state index contributed by atoms with van der Waals surface area (Å²) >= 11 is 0. The maximum Gasteiger partial charge on any atom is 0.307 e. The van der Waals surface area contributed by atoms with Crippen molar-refractivity contribution >= 4 is 11.9 Å². The Hall–Kier alpha value is -1.06. The summed E-state index contributed by atoms with van der Waals surface area (Å²) in [5.41, 5.74) is 0. The van der Waals surface area contributed by atoms with Crippen LogP contribution in [0, 0.1) is 23.7 Å². The third-order valence-electron chi connectivity index (χ3n) is 5.07. The van der Waals surface area contributed by atoms with E-state index in [0.717, 1.165) is 31.1 Å². The number of rotatable bonds is 5. The molecule has 0 heterocycles. The molecule has 2 rings (SSSR count). The van der Waals surface area contributed by atoms with Gasteiger partial charge in [-0.25, -0.2) is 0 Å². The molecule has 0 aromatic heterocycles. The first-order valence-corrected chi connectivity index (χ1v) is 8.08. The van der Waals surface area contributed by atoms with E-state index in [2.05, 4.69) is 12.2 Å². The van der Waals surface area contributed by atoms with E-state index in [1.165, 1.54) is 25.7 Å². The van der Waals surface area contributed by atoms with E-state index in [0.29, 0.717) is 13.0 Å². The topological polar surface area (TPSA) is 66.4 Å². The van der Waals surface area contributed by atoms with Gasteiger partial charge < -0.3 is 10.4 Å². The average molecular weight is 281 g/mol. The zero-order valence-corrected chi connectivity index (χ0v) is 12.4. The van der Waals surface area contributed by atoms with Gasteiger partial charge in [0.15, 0.2) is 0 Å². The Bertz CT molecular complexity index is 356. The lowest BCUT2D eigenvalue weighted by atomic mass is 9.81. The average Bonchev–Trinajstić information content (AvgIpc) is 2.88. The first kappa shape index (κ1) is 15.3. The van der Waals surface area contributed by atoms with Crippen LogP contribution in [0.2, 0.25) is 0 Å². The van der Waals surface area contributed by atoms with Crippen LogP contribution in [-0.4, -0.2) is 23.5 Å². The van der Waals surface area contributed by atoms with E-state index in [4.69, 9.17) is 5.11 Å². The van der Waals surface area contributed by atoms with Gasteiger partial charge in [-0.2, -0.15) is 0 Å². The number of aliphatic carboxylic acids is 1. The summed E-state index contributed by atoms with van der Waals surface area (Å²) in [6.45, 7) is 3.01.